The number of rotatable bonds is 4. The zero-order valence-corrected chi connectivity index (χ0v) is 16.5. The number of fused-ring (bicyclic) bond motifs is 1. The Hall–Kier alpha value is -3.16. The van der Waals surface area contributed by atoms with E-state index in [1.54, 1.807) is 24.3 Å². The number of anilines is 1. The normalized spacial score (nSPS) is 19.2. The van der Waals surface area contributed by atoms with Crippen LogP contribution in [-0.2, 0) is 6.18 Å². The molecule has 4 rings (SSSR count). The Morgan fingerprint density at radius 1 is 0.935 bits per heavy atom. The summed E-state index contributed by atoms with van der Waals surface area (Å²) in [6.07, 6.45) is -1.74. The zero-order chi connectivity index (χ0) is 22.0. The summed E-state index contributed by atoms with van der Waals surface area (Å²) in [6.45, 7) is 0. The smallest absolute Gasteiger partial charge is 0.382 e. The molecule has 31 heavy (non-hydrogen) atoms. The summed E-state index contributed by atoms with van der Waals surface area (Å²) < 4.78 is 52.8. The number of benzene rings is 2. The Kier molecular flexibility index (Phi) is 5.80. The molecule has 2 aromatic carbocycles. The summed E-state index contributed by atoms with van der Waals surface area (Å²) in [6, 6.07) is 13.1. The number of hydrogen-bond acceptors (Lipinski definition) is 3. The minimum atomic E-state index is -4.53. The van der Waals surface area contributed by atoms with E-state index in [1.165, 1.54) is 24.3 Å². The van der Waals surface area contributed by atoms with E-state index in [9.17, 15) is 22.4 Å². The van der Waals surface area contributed by atoms with Crippen molar-refractivity contribution in [3.8, 4) is 0 Å². The minimum Gasteiger partial charge on any atom is -0.382 e. The molecule has 4 nitrogen and oxygen atoms in total. The van der Waals surface area contributed by atoms with Gasteiger partial charge in [0.25, 0.3) is 5.91 Å². The second kappa shape index (κ2) is 8.53. The summed E-state index contributed by atoms with van der Waals surface area (Å²) >= 11 is 0. The molecule has 0 radical (unpaired) electrons. The molecule has 0 bridgehead atoms. The lowest BCUT2D eigenvalue weighted by Gasteiger charge is -2.30. The van der Waals surface area contributed by atoms with Gasteiger partial charge in [0.1, 0.15) is 11.5 Å². The van der Waals surface area contributed by atoms with Crippen LogP contribution in [0.5, 0.6) is 0 Å². The molecule has 1 aliphatic carbocycles. The third kappa shape index (κ3) is 4.95. The predicted molar refractivity (Wildman–Crippen MR) is 110 cm³/mol. The fraction of sp³-hybridized carbons (Fsp3) is 0.304. The minimum absolute atomic E-state index is 0.00846. The molecule has 1 fully saturated rings. The molecule has 1 aromatic heterocycles. The Morgan fingerprint density at radius 2 is 1.58 bits per heavy atom. The highest BCUT2D eigenvalue weighted by molar-refractivity contribution is 5.94. The van der Waals surface area contributed by atoms with Crippen molar-refractivity contribution in [2.75, 3.05) is 5.32 Å². The largest absolute Gasteiger partial charge is 0.433 e. The van der Waals surface area contributed by atoms with E-state index in [2.05, 4.69) is 15.6 Å². The zero-order valence-electron chi connectivity index (χ0n) is 16.5. The van der Waals surface area contributed by atoms with Gasteiger partial charge in [0.15, 0.2) is 0 Å². The lowest BCUT2D eigenvalue weighted by atomic mass is 9.90. The average Bonchev–Trinajstić information content (AvgIpc) is 2.75. The van der Waals surface area contributed by atoms with Gasteiger partial charge in [-0.3, -0.25) is 4.79 Å². The van der Waals surface area contributed by atoms with Crippen LogP contribution in [0.25, 0.3) is 10.9 Å². The van der Waals surface area contributed by atoms with Crippen molar-refractivity contribution in [2.45, 2.75) is 43.9 Å². The van der Waals surface area contributed by atoms with Crippen LogP contribution < -0.4 is 10.6 Å². The number of carbonyl (C=O) groups excluding carboxylic acids is 1. The van der Waals surface area contributed by atoms with Crippen molar-refractivity contribution < 1.29 is 22.4 Å². The van der Waals surface area contributed by atoms with E-state index >= 15 is 0 Å². The summed E-state index contributed by atoms with van der Waals surface area (Å²) in [7, 11) is 0. The van der Waals surface area contributed by atoms with Crippen LogP contribution in [-0.4, -0.2) is 23.0 Å². The molecule has 1 saturated carbocycles. The van der Waals surface area contributed by atoms with Crippen molar-refractivity contribution in [1.29, 1.82) is 0 Å². The summed E-state index contributed by atoms with van der Waals surface area (Å²) in [5, 5.41) is 6.84. The molecule has 162 valence electrons. The third-order valence-electron chi connectivity index (χ3n) is 5.54. The van der Waals surface area contributed by atoms with Gasteiger partial charge in [-0.15, -0.1) is 0 Å². The highest BCUT2D eigenvalue weighted by Gasteiger charge is 2.33. The van der Waals surface area contributed by atoms with Gasteiger partial charge < -0.3 is 10.6 Å². The van der Waals surface area contributed by atoms with Crippen molar-refractivity contribution in [3.05, 3.63) is 71.7 Å². The first-order chi connectivity index (χ1) is 14.8. The number of alkyl halides is 3. The van der Waals surface area contributed by atoms with E-state index in [4.69, 9.17) is 0 Å². The number of hydrogen-bond donors (Lipinski definition) is 2. The van der Waals surface area contributed by atoms with Gasteiger partial charge in [-0.1, -0.05) is 18.2 Å². The van der Waals surface area contributed by atoms with Crippen molar-refractivity contribution in [3.63, 3.8) is 0 Å². The predicted octanol–water partition coefficient (Wildman–Crippen LogP) is 5.55. The monoisotopic (exact) mass is 431 g/mol. The fourth-order valence-electron chi connectivity index (χ4n) is 3.91. The first kappa shape index (κ1) is 21.1. The highest BCUT2D eigenvalue weighted by Crippen LogP contribution is 2.34. The van der Waals surface area contributed by atoms with E-state index in [1.807, 2.05) is 0 Å². The number of carbonyl (C=O) groups is 1. The molecule has 0 atom stereocenters. The van der Waals surface area contributed by atoms with Crippen LogP contribution in [0.3, 0.4) is 0 Å². The Labute approximate surface area is 176 Å². The van der Waals surface area contributed by atoms with Crippen LogP contribution >= 0.6 is 0 Å². The maximum Gasteiger partial charge on any atom is 0.433 e. The molecule has 2 N–H and O–H groups in total. The van der Waals surface area contributed by atoms with Crippen molar-refractivity contribution in [2.24, 2.45) is 0 Å². The topological polar surface area (TPSA) is 54.0 Å². The molecule has 1 heterocycles. The standard InChI is InChI=1S/C23H21F4N3O/c24-15-7-5-14(6-8-15)22(31)29-17-11-9-16(10-12-17)28-20-13-21(23(25,26)27)30-19-4-2-1-3-18(19)20/h1-8,13,16-17H,9-12H2,(H,28,30)(H,29,31). The average molecular weight is 431 g/mol. The van der Waals surface area contributed by atoms with Gasteiger partial charge in [-0.2, -0.15) is 13.2 Å². The van der Waals surface area contributed by atoms with E-state index in [-0.39, 0.29) is 18.0 Å². The quantitative estimate of drug-likeness (QED) is 0.533. The Morgan fingerprint density at radius 3 is 2.26 bits per heavy atom. The maximum absolute atomic E-state index is 13.3. The molecule has 0 saturated heterocycles. The molecule has 3 aromatic rings. The van der Waals surface area contributed by atoms with Gasteiger partial charge >= 0.3 is 6.18 Å². The number of pyridine rings is 1. The van der Waals surface area contributed by atoms with Gasteiger partial charge in [0.2, 0.25) is 0 Å². The molecule has 1 amide bonds. The van der Waals surface area contributed by atoms with Gasteiger partial charge in [-0.05, 0) is 62.1 Å². The molecule has 0 spiro atoms. The van der Waals surface area contributed by atoms with E-state index in [0.29, 0.717) is 47.8 Å². The molecule has 1 aliphatic rings. The van der Waals surface area contributed by atoms with Gasteiger partial charge in [0, 0.05) is 28.7 Å². The lowest BCUT2D eigenvalue weighted by Crippen LogP contribution is -2.40. The molecule has 0 aliphatic heterocycles. The van der Waals surface area contributed by atoms with Gasteiger partial charge in [-0.25, -0.2) is 9.37 Å². The summed E-state index contributed by atoms with van der Waals surface area (Å²) in [5.74, 6) is -0.660. The first-order valence-corrected chi connectivity index (χ1v) is 10.1. The number of nitrogens with one attached hydrogen (secondary N) is 2. The second-order valence-corrected chi connectivity index (χ2v) is 7.74. The van der Waals surface area contributed by atoms with Crippen LogP contribution in [0.1, 0.15) is 41.7 Å². The van der Waals surface area contributed by atoms with Crippen LogP contribution in [0, 0.1) is 5.82 Å². The molecule has 8 heteroatoms. The SMILES string of the molecule is O=C(NC1CCC(Nc2cc(C(F)(F)F)nc3ccccc23)CC1)c1ccc(F)cc1. The van der Waals surface area contributed by atoms with Gasteiger partial charge in [0.05, 0.1) is 5.52 Å². The number of nitrogens with zero attached hydrogens (tertiary/aromatic N) is 1. The molecular formula is C23H21F4N3O. The first-order valence-electron chi connectivity index (χ1n) is 10.1. The van der Waals surface area contributed by atoms with Crippen molar-refractivity contribution in [1.82, 2.24) is 10.3 Å². The number of halogens is 4. The summed E-state index contributed by atoms with van der Waals surface area (Å²) in [5.41, 5.74) is 0.176. The number of aromatic nitrogens is 1. The Balaban J connectivity index is 1.41. The number of amides is 1. The second-order valence-electron chi connectivity index (χ2n) is 7.74. The fourth-order valence-corrected chi connectivity index (χ4v) is 3.91. The summed E-state index contributed by atoms with van der Waals surface area (Å²) in [4.78, 5) is 16.1. The molecule has 0 unspecified atom stereocenters. The van der Waals surface area contributed by atoms with Crippen LogP contribution in [0.2, 0.25) is 0 Å². The van der Waals surface area contributed by atoms with Crippen molar-refractivity contribution >= 4 is 22.5 Å². The molecular weight excluding hydrogens is 410 g/mol. The van der Waals surface area contributed by atoms with Crippen LogP contribution in [0.15, 0.2) is 54.6 Å². The third-order valence-corrected chi connectivity index (χ3v) is 5.54. The lowest BCUT2D eigenvalue weighted by molar-refractivity contribution is -0.140. The highest BCUT2D eigenvalue weighted by atomic mass is 19.4. The van der Waals surface area contributed by atoms with E-state index < -0.39 is 17.7 Å². The maximum atomic E-state index is 13.3. The van der Waals surface area contributed by atoms with E-state index in [0.717, 1.165) is 6.07 Å². The van der Waals surface area contributed by atoms with Crippen LogP contribution in [0.4, 0.5) is 23.2 Å². The number of para-hydroxylation sites is 1. The Bertz CT molecular complexity index is 1070.